The molecule has 0 aliphatic carbocycles. The van der Waals surface area contributed by atoms with Crippen molar-refractivity contribution in [3.8, 4) is 0 Å². The van der Waals surface area contributed by atoms with E-state index in [4.69, 9.17) is 5.73 Å². The van der Waals surface area contributed by atoms with Crippen molar-refractivity contribution in [3.05, 3.63) is 5.82 Å². The molecule has 0 atom stereocenters. The summed E-state index contributed by atoms with van der Waals surface area (Å²) in [6, 6.07) is 0. The molecule has 1 aromatic heterocycles. The Morgan fingerprint density at radius 1 is 1.33 bits per heavy atom. The van der Waals surface area contributed by atoms with E-state index in [1.807, 2.05) is 11.8 Å². The molecule has 0 saturated heterocycles. The second-order valence-electron chi connectivity index (χ2n) is 3.10. The monoisotopic (exact) mass is 246 g/mol. The fourth-order valence-corrected chi connectivity index (χ4v) is 2.87. The Kier molecular flexibility index (Phi) is 6.12. The van der Waals surface area contributed by atoms with Crippen LogP contribution in [-0.2, 0) is 13.1 Å². The van der Waals surface area contributed by atoms with Gasteiger partial charge in [0.1, 0.15) is 5.82 Å². The number of rotatable bonds is 7. The van der Waals surface area contributed by atoms with Gasteiger partial charge in [-0.1, -0.05) is 18.7 Å². The molecule has 4 nitrogen and oxygen atoms in total. The van der Waals surface area contributed by atoms with Crippen molar-refractivity contribution in [2.24, 2.45) is 5.73 Å². The standard InChI is InChI=1S/C9H18N4S2/c1-3-4-13-8(7-10)11-12-9(13)15-6-5-14-2/h3-7,10H2,1-2H3. The zero-order valence-electron chi connectivity index (χ0n) is 9.27. The highest BCUT2D eigenvalue weighted by molar-refractivity contribution is 8.02. The minimum Gasteiger partial charge on any atom is -0.324 e. The number of aromatic nitrogens is 3. The summed E-state index contributed by atoms with van der Waals surface area (Å²) in [6.07, 6.45) is 3.20. The molecule has 0 saturated carbocycles. The molecule has 1 heterocycles. The summed E-state index contributed by atoms with van der Waals surface area (Å²) in [5, 5.41) is 9.26. The normalized spacial score (nSPS) is 10.9. The van der Waals surface area contributed by atoms with Gasteiger partial charge in [0.25, 0.3) is 0 Å². The van der Waals surface area contributed by atoms with Gasteiger partial charge in [0, 0.05) is 18.1 Å². The van der Waals surface area contributed by atoms with Gasteiger partial charge in [-0.2, -0.15) is 11.8 Å². The van der Waals surface area contributed by atoms with Crippen LogP contribution in [0.2, 0.25) is 0 Å². The molecule has 0 bridgehead atoms. The van der Waals surface area contributed by atoms with Crippen molar-refractivity contribution < 1.29 is 0 Å². The predicted molar refractivity (Wildman–Crippen MR) is 67.3 cm³/mol. The third-order valence-corrected chi connectivity index (χ3v) is 3.78. The molecule has 0 amide bonds. The molecule has 0 spiro atoms. The van der Waals surface area contributed by atoms with Crippen LogP contribution in [0.5, 0.6) is 0 Å². The Balaban J connectivity index is 2.64. The Hall–Kier alpha value is -0.200. The van der Waals surface area contributed by atoms with Crippen LogP contribution in [0.3, 0.4) is 0 Å². The maximum absolute atomic E-state index is 5.61. The van der Waals surface area contributed by atoms with Crippen LogP contribution >= 0.6 is 23.5 Å². The molecule has 2 N–H and O–H groups in total. The average molecular weight is 246 g/mol. The summed E-state index contributed by atoms with van der Waals surface area (Å²) < 4.78 is 2.13. The first-order valence-corrected chi connectivity index (χ1v) is 7.45. The third kappa shape index (κ3) is 3.70. The minimum absolute atomic E-state index is 0.468. The fraction of sp³-hybridized carbons (Fsp3) is 0.778. The number of hydrogen-bond acceptors (Lipinski definition) is 5. The van der Waals surface area contributed by atoms with E-state index < -0.39 is 0 Å². The molecule has 15 heavy (non-hydrogen) atoms. The maximum Gasteiger partial charge on any atom is 0.191 e. The highest BCUT2D eigenvalue weighted by Gasteiger charge is 2.09. The second kappa shape index (κ2) is 7.14. The van der Waals surface area contributed by atoms with Gasteiger partial charge in [-0.15, -0.1) is 10.2 Å². The smallest absolute Gasteiger partial charge is 0.191 e. The van der Waals surface area contributed by atoms with Gasteiger partial charge in [0.05, 0.1) is 6.54 Å². The second-order valence-corrected chi connectivity index (χ2v) is 5.14. The van der Waals surface area contributed by atoms with E-state index in [1.54, 1.807) is 11.8 Å². The molecule has 0 fully saturated rings. The number of hydrogen-bond donors (Lipinski definition) is 1. The van der Waals surface area contributed by atoms with Crippen molar-refractivity contribution in [2.75, 3.05) is 17.8 Å². The van der Waals surface area contributed by atoms with E-state index in [0.717, 1.165) is 35.5 Å². The Labute approximate surface area is 99.4 Å². The van der Waals surface area contributed by atoms with Gasteiger partial charge >= 0.3 is 0 Å². The largest absolute Gasteiger partial charge is 0.324 e. The van der Waals surface area contributed by atoms with E-state index >= 15 is 0 Å². The highest BCUT2D eigenvalue weighted by Crippen LogP contribution is 2.18. The fourth-order valence-electron chi connectivity index (χ4n) is 1.24. The van der Waals surface area contributed by atoms with Crippen LogP contribution in [-0.4, -0.2) is 32.5 Å². The Morgan fingerprint density at radius 3 is 2.73 bits per heavy atom. The zero-order valence-corrected chi connectivity index (χ0v) is 10.9. The molecule has 0 aromatic carbocycles. The van der Waals surface area contributed by atoms with Crippen LogP contribution in [0, 0.1) is 0 Å². The van der Waals surface area contributed by atoms with Gasteiger partial charge in [-0.3, -0.25) is 0 Å². The molecule has 0 unspecified atom stereocenters. The SMILES string of the molecule is CCCn1c(CN)nnc1SCCSC. The van der Waals surface area contributed by atoms with Crippen LogP contribution in [0.25, 0.3) is 0 Å². The third-order valence-electron chi connectivity index (χ3n) is 1.94. The van der Waals surface area contributed by atoms with Crippen molar-refractivity contribution in [1.29, 1.82) is 0 Å². The van der Waals surface area contributed by atoms with Crippen molar-refractivity contribution in [3.63, 3.8) is 0 Å². The molecular weight excluding hydrogens is 228 g/mol. The van der Waals surface area contributed by atoms with E-state index in [2.05, 4.69) is 27.9 Å². The predicted octanol–water partition coefficient (Wildman–Crippen LogP) is 1.60. The lowest BCUT2D eigenvalue weighted by molar-refractivity contribution is 0.592. The number of nitrogens with two attached hydrogens (primary N) is 1. The highest BCUT2D eigenvalue weighted by atomic mass is 32.2. The van der Waals surface area contributed by atoms with Gasteiger partial charge in [-0.05, 0) is 12.7 Å². The molecule has 0 aliphatic heterocycles. The van der Waals surface area contributed by atoms with Gasteiger partial charge < -0.3 is 10.3 Å². The van der Waals surface area contributed by atoms with Crippen molar-refractivity contribution in [2.45, 2.75) is 31.6 Å². The molecule has 0 radical (unpaired) electrons. The topological polar surface area (TPSA) is 56.7 Å². The average Bonchev–Trinajstić information content (AvgIpc) is 2.62. The van der Waals surface area contributed by atoms with E-state index in [-0.39, 0.29) is 0 Å². The minimum atomic E-state index is 0.468. The number of nitrogens with zero attached hydrogens (tertiary/aromatic N) is 3. The first kappa shape index (κ1) is 12.9. The van der Waals surface area contributed by atoms with E-state index in [0.29, 0.717) is 6.54 Å². The Morgan fingerprint density at radius 2 is 2.13 bits per heavy atom. The molecule has 0 aliphatic rings. The molecule has 1 rings (SSSR count). The van der Waals surface area contributed by atoms with Gasteiger partial charge in [-0.25, -0.2) is 0 Å². The summed E-state index contributed by atoms with van der Waals surface area (Å²) >= 11 is 3.61. The van der Waals surface area contributed by atoms with Gasteiger partial charge in [0.2, 0.25) is 0 Å². The van der Waals surface area contributed by atoms with Crippen LogP contribution in [0.15, 0.2) is 5.16 Å². The zero-order chi connectivity index (χ0) is 11.1. The van der Waals surface area contributed by atoms with E-state index in [9.17, 15) is 0 Å². The maximum atomic E-state index is 5.61. The molecule has 1 aromatic rings. The first-order valence-electron chi connectivity index (χ1n) is 5.07. The molecular formula is C9H18N4S2. The lowest BCUT2D eigenvalue weighted by atomic mass is 10.4. The summed E-state index contributed by atoms with van der Waals surface area (Å²) in [7, 11) is 0. The van der Waals surface area contributed by atoms with Crippen LogP contribution in [0.1, 0.15) is 19.2 Å². The van der Waals surface area contributed by atoms with E-state index in [1.165, 1.54) is 0 Å². The summed E-state index contributed by atoms with van der Waals surface area (Å²) in [5.74, 6) is 3.11. The molecule has 6 heteroatoms. The quantitative estimate of drug-likeness (QED) is 0.585. The summed E-state index contributed by atoms with van der Waals surface area (Å²) in [6.45, 7) is 3.58. The lowest BCUT2D eigenvalue weighted by Gasteiger charge is -2.06. The summed E-state index contributed by atoms with van der Waals surface area (Å²) in [4.78, 5) is 0. The van der Waals surface area contributed by atoms with Crippen molar-refractivity contribution >= 4 is 23.5 Å². The van der Waals surface area contributed by atoms with Crippen molar-refractivity contribution in [1.82, 2.24) is 14.8 Å². The van der Waals surface area contributed by atoms with Gasteiger partial charge in [0.15, 0.2) is 5.16 Å². The van der Waals surface area contributed by atoms with Crippen LogP contribution < -0.4 is 5.73 Å². The first-order chi connectivity index (χ1) is 7.33. The lowest BCUT2D eigenvalue weighted by Crippen LogP contribution is -2.09. The number of thioether (sulfide) groups is 2. The van der Waals surface area contributed by atoms with Crippen LogP contribution in [0.4, 0.5) is 0 Å². The Bertz CT molecular complexity index is 288. The summed E-state index contributed by atoms with van der Waals surface area (Å²) in [5.41, 5.74) is 5.61. The molecule has 86 valence electrons.